The van der Waals surface area contributed by atoms with Crippen molar-refractivity contribution in [3.05, 3.63) is 59.6 Å². The summed E-state index contributed by atoms with van der Waals surface area (Å²) in [5.41, 5.74) is 1.23. The van der Waals surface area contributed by atoms with Gasteiger partial charge in [-0.1, -0.05) is 12.1 Å². The smallest absolute Gasteiger partial charge is 0.341 e. The van der Waals surface area contributed by atoms with E-state index < -0.39 is 26.3 Å². The summed E-state index contributed by atoms with van der Waals surface area (Å²) in [4.78, 5) is -0.482. The van der Waals surface area contributed by atoms with E-state index in [1.807, 2.05) is 0 Å². The van der Waals surface area contributed by atoms with Crippen molar-refractivity contribution in [1.82, 2.24) is 0 Å². The minimum atomic E-state index is -4.73. The first-order valence-corrected chi connectivity index (χ1v) is 8.88. The van der Waals surface area contributed by atoms with Crippen LogP contribution in [0.4, 0.5) is 18.9 Å². The average molecular weight is 369 g/mol. The first-order valence-electron chi connectivity index (χ1n) is 7.33. The molecule has 2 aromatic carbocycles. The third-order valence-electron chi connectivity index (χ3n) is 3.86. The molecule has 0 saturated carbocycles. The Kier molecular flexibility index (Phi) is 4.47. The Hall–Kier alpha value is -2.48. The van der Waals surface area contributed by atoms with E-state index in [1.165, 1.54) is 36.4 Å². The van der Waals surface area contributed by atoms with Gasteiger partial charge in [-0.15, -0.1) is 0 Å². The number of benzene rings is 2. The molecule has 1 N–H and O–H groups in total. The Balaban J connectivity index is 1.92. The Labute approximate surface area is 142 Å². The highest BCUT2D eigenvalue weighted by Crippen LogP contribution is 2.29. The Bertz CT molecular complexity index is 1030. The van der Waals surface area contributed by atoms with Gasteiger partial charge in [-0.2, -0.15) is 8.78 Å². The van der Waals surface area contributed by atoms with Crippen molar-refractivity contribution in [2.24, 2.45) is 0 Å². The van der Waals surface area contributed by atoms with Gasteiger partial charge in [-0.05, 0) is 37.3 Å². The number of hydrogen-bond donors (Lipinski definition) is 1. The van der Waals surface area contributed by atoms with Gasteiger partial charge < -0.3 is 9.73 Å². The van der Waals surface area contributed by atoms with Gasteiger partial charge in [-0.3, -0.25) is 0 Å². The number of furan rings is 1. The maximum Gasteiger partial charge on any atom is 0.341 e. The molecule has 0 spiro atoms. The number of aryl methyl sites for hydroxylation is 1. The van der Waals surface area contributed by atoms with Crippen LogP contribution in [0.1, 0.15) is 11.3 Å². The first kappa shape index (κ1) is 17.3. The topological polar surface area (TPSA) is 59.3 Å². The predicted molar refractivity (Wildman–Crippen MR) is 87.9 cm³/mol. The molecule has 132 valence electrons. The highest BCUT2D eigenvalue weighted by molar-refractivity contribution is 7.91. The predicted octanol–water partition coefficient (Wildman–Crippen LogP) is 4.49. The quantitative estimate of drug-likeness (QED) is 0.720. The molecule has 0 aliphatic rings. The molecule has 1 heterocycles. The molecule has 8 heteroatoms. The van der Waals surface area contributed by atoms with Crippen LogP contribution in [0.15, 0.2) is 51.8 Å². The lowest BCUT2D eigenvalue weighted by Gasteiger charge is -2.11. The van der Waals surface area contributed by atoms with Crippen molar-refractivity contribution in [3.63, 3.8) is 0 Å². The zero-order valence-corrected chi connectivity index (χ0v) is 13.9. The number of nitrogens with one attached hydrogen (secondary N) is 1. The molecule has 0 aliphatic carbocycles. The average Bonchev–Trinajstić information content (AvgIpc) is 2.89. The standard InChI is InChI=1S/C17H14F3NO3S/c1-10-12-8-11(18)6-7-14(12)24-15(10)9-21-13-4-2-3-5-16(13)25(22,23)17(19)20/h2-8,17,21H,9H2,1H3. The molecule has 0 aliphatic heterocycles. The number of alkyl halides is 2. The number of rotatable bonds is 5. The number of halogens is 3. The minimum Gasteiger partial charge on any atom is -0.459 e. The van der Waals surface area contributed by atoms with Crippen LogP contribution in [-0.4, -0.2) is 14.2 Å². The van der Waals surface area contributed by atoms with Gasteiger partial charge in [0.1, 0.15) is 17.2 Å². The third-order valence-corrected chi connectivity index (χ3v) is 5.30. The maximum atomic E-state index is 13.3. The lowest BCUT2D eigenvalue weighted by molar-refractivity contribution is 0.235. The first-order chi connectivity index (χ1) is 11.8. The van der Waals surface area contributed by atoms with E-state index in [2.05, 4.69) is 5.32 Å². The largest absolute Gasteiger partial charge is 0.459 e. The van der Waals surface area contributed by atoms with E-state index in [0.717, 1.165) is 6.07 Å². The van der Waals surface area contributed by atoms with Crippen LogP contribution in [0.5, 0.6) is 0 Å². The highest BCUT2D eigenvalue weighted by Gasteiger charge is 2.29. The Morgan fingerprint density at radius 2 is 1.88 bits per heavy atom. The summed E-state index contributed by atoms with van der Waals surface area (Å²) < 4.78 is 68.1. The van der Waals surface area contributed by atoms with E-state index in [9.17, 15) is 21.6 Å². The monoisotopic (exact) mass is 369 g/mol. The van der Waals surface area contributed by atoms with Crippen LogP contribution >= 0.6 is 0 Å². The zero-order chi connectivity index (χ0) is 18.2. The fourth-order valence-electron chi connectivity index (χ4n) is 2.54. The van der Waals surface area contributed by atoms with Gasteiger partial charge in [0.2, 0.25) is 9.84 Å². The van der Waals surface area contributed by atoms with Gasteiger partial charge in [0.05, 0.1) is 17.1 Å². The van der Waals surface area contributed by atoms with Gasteiger partial charge in [0.15, 0.2) is 0 Å². The van der Waals surface area contributed by atoms with E-state index in [-0.39, 0.29) is 12.2 Å². The van der Waals surface area contributed by atoms with Crippen molar-refractivity contribution in [3.8, 4) is 0 Å². The lowest BCUT2D eigenvalue weighted by Crippen LogP contribution is -2.14. The normalized spacial score (nSPS) is 12.0. The molecule has 0 fully saturated rings. The second-order valence-corrected chi connectivity index (χ2v) is 7.33. The van der Waals surface area contributed by atoms with Gasteiger partial charge in [0, 0.05) is 10.9 Å². The molecular weight excluding hydrogens is 355 g/mol. The minimum absolute atomic E-state index is 0.0498. The molecule has 25 heavy (non-hydrogen) atoms. The second kappa shape index (κ2) is 6.44. The molecular formula is C17H14F3NO3S. The Morgan fingerprint density at radius 1 is 1.16 bits per heavy atom. The Morgan fingerprint density at radius 3 is 2.60 bits per heavy atom. The fourth-order valence-corrected chi connectivity index (χ4v) is 3.45. The van der Waals surface area contributed by atoms with Gasteiger partial charge in [0.25, 0.3) is 0 Å². The molecule has 3 aromatic rings. The van der Waals surface area contributed by atoms with E-state index in [4.69, 9.17) is 4.42 Å². The van der Waals surface area contributed by atoms with Crippen molar-refractivity contribution in [2.45, 2.75) is 24.1 Å². The molecule has 1 aromatic heterocycles. The van der Waals surface area contributed by atoms with Gasteiger partial charge >= 0.3 is 5.76 Å². The number of sulfone groups is 1. The van der Waals surface area contributed by atoms with Crippen LogP contribution in [0, 0.1) is 12.7 Å². The van der Waals surface area contributed by atoms with E-state index in [1.54, 1.807) is 6.92 Å². The SMILES string of the molecule is Cc1c(CNc2ccccc2S(=O)(=O)C(F)F)oc2ccc(F)cc12. The summed E-state index contributed by atoms with van der Waals surface area (Å²) >= 11 is 0. The van der Waals surface area contributed by atoms with Crippen molar-refractivity contribution >= 4 is 26.5 Å². The second-order valence-electron chi connectivity index (χ2n) is 5.45. The van der Waals surface area contributed by atoms with Crippen molar-refractivity contribution in [2.75, 3.05) is 5.32 Å². The zero-order valence-electron chi connectivity index (χ0n) is 13.1. The fraction of sp³-hybridized carbons (Fsp3) is 0.176. The third kappa shape index (κ3) is 3.21. The molecule has 0 radical (unpaired) electrons. The van der Waals surface area contributed by atoms with Crippen LogP contribution < -0.4 is 5.32 Å². The summed E-state index contributed by atoms with van der Waals surface area (Å²) in [6.07, 6.45) is 0. The molecule has 3 rings (SSSR count). The highest BCUT2D eigenvalue weighted by atomic mass is 32.2. The van der Waals surface area contributed by atoms with Crippen LogP contribution in [-0.2, 0) is 16.4 Å². The van der Waals surface area contributed by atoms with E-state index >= 15 is 0 Å². The van der Waals surface area contributed by atoms with Crippen LogP contribution in [0.25, 0.3) is 11.0 Å². The molecule has 0 atom stereocenters. The maximum absolute atomic E-state index is 13.3. The lowest BCUT2D eigenvalue weighted by atomic mass is 10.1. The molecule has 0 bridgehead atoms. The van der Waals surface area contributed by atoms with Crippen molar-refractivity contribution in [1.29, 1.82) is 0 Å². The number of anilines is 1. The summed E-state index contributed by atoms with van der Waals surface area (Å²) in [7, 11) is -4.73. The number of para-hydroxylation sites is 1. The summed E-state index contributed by atoms with van der Waals surface area (Å²) in [6, 6.07) is 9.52. The van der Waals surface area contributed by atoms with Crippen LogP contribution in [0.2, 0.25) is 0 Å². The molecule has 0 saturated heterocycles. The number of hydrogen-bond acceptors (Lipinski definition) is 4. The summed E-state index contributed by atoms with van der Waals surface area (Å²) in [5.74, 6) is -3.44. The van der Waals surface area contributed by atoms with Crippen LogP contribution in [0.3, 0.4) is 0 Å². The van der Waals surface area contributed by atoms with Crippen molar-refractivity contribution < 1.29 is 26.0 Å². The number of fused-ring (bicyclic) bond motifs is 1. The summed E-state index contributed by atoms with van der Waals surface area (Å²) in [6.45, 7) is 1.81. The summed E-state index contributed by atoms with van der Waals surface area (Å²) in [5, 5.41) is 3.41. The van der Waals surface area contributed by atoms with Gasteiger partial charge in [-0.25, -0.2) is 12.8 Å². The van der Waals surface area contributed by atoms with E-state index in [0.29, 0.717) is 22.3 Å². The molecule has 4 nitrogen and oxygen atoms in total. The molecule has 0 amide bonds. The molecule has 0 unspecified atom stereocenters.